The smallest absolute Gasteiger partial charge is 0.346 e. The van der Waals surface area contributed by atoms with Gasteiger partial charge in [0.2, 0.25) is 0 Å². The van der Waals surface area contributed by atoms with Crippen molar-refractivity contribution in [1.29, 1.82) is 0 Å². The highest BCUT2D eigenvalue weighted by molar-refractivity contribution is 7.15. The molecule has 4 aromatic rings. The fourth-order valence-corrected chi connectivity index (χ4v) is 4.86. The molecule has 0 aliphatic heterocycles. The summed E-state index contributed by atoms with van der Waals surface area (Å²) in [6.07, 6.45) is -3.22. The summed E-state index contributed by atoms with van der Waals surface area (Å²) in [4.78, 5) is 22.3. The number of alkyl halides is 3. The molecule has 0 aromatic carbocycles. The number of carbonyl (C=O) groups is 1. The zero-order valence-electron chi connectivity index (χ0n) is 15.7. The van der Waals surface area contributed by atoms with E-state index in [4.69, 9.17) is 11.6 Å². The predicted molar refractivity (Wildman–Crippen MR) is 111 cm³/mol. The molecule has 11 heteroatoms. The van der Waals surface area contributed by atoms with E-state index in [2.05, 4.69) is 15.3 Å². The molecule has 0 unspecified atom stereocenters. The molecule has 0 aliphatic rings. The van der Waals surface area contributed by atoms with E-state index in [9.17, 15) is 18.0 Å². The van der Waals surface area contributed by atoms with Gasteiger partial charge in [0, 0.05) is 16.6 Å². The van der Waals surface area contributed by atoms with Crippen molar-refractivity contribution in [2.24, 2.45) is 0 Å². The average molecular weight is 471 g/mol. The summed E-state index contributed by atoms with van der Waals surface area (Å²) in [6.45, 7) is 3.75. The molecular weight excluding hydrogens is 457 g/mol. The van der Waals surface area contributed by atoms with E-state index >= 15 is 0 Å². The number of imidazole rings is 1. The van der Waals surface area contributed by atoms with E-state index in [0.29, 0.717) is 16.1 Å². The normalized spacial score (nSPS) is 11.9. The second-order valence-electron chi connectivity index (χ2n) is 6.49. The van der Waals surface area contributed by atoms with E-state index in [1.165, 1.54) is 28.9 Å². The molecule has 0 spiro atoms. The minimum absolute atomic E-state index is 0.181. The maximum absolute atomic E-state index is 13.8. The molecule has 156 valence electrons. The van der Waals surface area contributed by atoms with Crippen molar-refractivity contribution in [3.63, 3.8) is 0 Å². The van der Waals surface area contributed by atoms with Gasteiger partial charge in [-0.25, -0.2) is 9.97 Å². The van der Waals surface area contributed by atoms with Gasteiger partial charge < -0.3 is 5.32 Å². The SMILES string of the molecule is Cc1nc(C)c(-c2cc(C(F)(F)F)c3nc(C(=O)NCc4cccs4)c(Cl)n3c2)s1. The minimum atomic E-state index is -4.68. The number of nitrogens with one attached hydrogen (secondary N) is 1. The third kappa shape index (κ3) is 3.82. The topological polar surface area (TPSA) is 59.3 Å². The number of fused-ring (bicyclic) bond motifs is 1. The molecule has 4 aromatic heterocycles. The Morgan fingerprint density at radius 1 is 1.30 bits per heavy atom. The van der Waals surface area contributed by atoms with Gasteiger partial charge in [-0.2, -0.15) is 13.2 Å². The lowest BCUT2D eigenvalue weighted by atomic mass is 10.1. The molecule has 0 fully saturated rings. The van der Waals surface area contributed by atoms with Gasteiger partial charge in [-0.3, -0.25) is 9.20 Å². The van der Waals surface area contributed by atoms with Crippen LogP contribution >= 0.6 is 34.3 Å². The van der Waals surface area contributed by atoms with Crippen LogP contribution in [0.1, 0.15) is 31.6 Å². The number of halogens is 4. The highest BCUT2D eigenvalue weighted by atomic mass is 35.5. The zero-order valence-corrected chi connectivity index (χ0v) is 18.1. The van der Waals surface area contributed by atoms with E-state index in [1.54, 1.807) is 13.8 Å². The van der Waals surface area contributed by atoms with Gasteiger partial charge in [-0.05, 0) is 31.4 Å². The number of nitrogens with zero attached hydrogens (tertiary/aromatic N) is 3. The number of hydrogen-bond acceptors (Lipinski definition) is 5. The molecule has 0 saturated heterocycles. The van der Waals surface area contributed by atoms with Crippen LogP contribution in [0.4, 0.5) is 13.2 Å². The van der Waals surface area contributed by atoms with Crippen molar-refractivity contribution in [3.8, 4) is 10.4 Å². The highest BCUT2D eigenvalue weighted by Crippen LogP contribution is 2.39. The molecule has 0 atom stereocenters. The molecule has 0 radical (unpaired) electrons. The quantitative estimate of drug-likeness (QED) is 0.414. The van der Waals surface area contributed by atoms with E-state index in [0.717, 1.165) is 20.4 Å². The van der Waals surface area contributed by atoms with Gasteiger partial charge in [0.25, 0.3) is 5.91 Å². The van der Waals surface area contributed by atoms with Crippen LogP contribution in [0.3, 0.4) is 0 Å². The largest absolute Gasteiger partial charge is 0.420 e. The molecule has 0 aliphatic carbocycles. The summed E-state index contributed by atoms with van der Waals surface area (Å²) in [5, 5.41) is 5.06. The second-order valence-corrected chi connectivity index (χ2v) is 9.09. The first-order valence-electron chi connectivity index (χ1n) is 8.69. The monoisotopic (exact) mass is 470 g/mol. The van der Waals surface area contributed by atoms with Crippen molar-refractivity contribution in [1.82, 2.24) is 19.7 Å². The molecule has 0 bridgehead atoms. The lowest BCUT2D eigenvalue weighted by molar-refractivity contribution is -0.136. The van der Waals surface area contributed by atoms with E-state index in [1.807, 2.05) is 17.5 Å². The Hall–Kier alpha value is -2.43. The fourth-order valence-electron chi connectivity index (χ4n) is 3.06. The first-order chi connectivity index (χ1) is 14.1. The van der Waals surface area contributed by atoms with Crippen LogP contribution in [-0.2, 0) is 12.7 Å². The maximum atomic E-state index is 13.8. The number of pyridine rings is 1. The van der Waals surface area contributed by atoms with Gasteiger partial charge in [0.15, 0.2) is 11.3 Å². The Morgan fingerprint density at radius 3 is 2.67 bits per heavy atom. The number of aromatic nitrogens is 3. The average Bonchev–Trinajstić information content (AvgIpc) is 3.38. The van der Waals surface area contributed by atoms with Crippen LogP contribution in [0.5, 0.6) is 0 Å². The Labute approximate surface area is 182 Å². The van der Waals surface area contributed by atoms with Crippen molar-refractivity contribution in [2.45, 2.75) is 26.6 Å². The summed E-state index contributed by atoms with van der Waals surface area (Å²) < 4.78 is 42.5. The Bertz CT molecular complexity index is 1250. The summed E-state index contributed by atoms with van der Waals surface area (Å²) in [7, 11) is 0. The molecule has 0 saturated carbocycles. The first-order valence-corrected chi connectivity index (χ1v) is 10.8. The number of aryl methyl sites for hydroxylation is 2. The lowest BCUT2D eigenvalue weighted by Gasteiger charge is -2.11. The Morgan fingerprint density at radius 2 is 2.07 bits per heavy atom. The molecule has 4 rings (SSSR count). The molecule has 30 heavy (non-hydrogen) atoms. The number of amides is 1. The Kier molecular flexibility index (Phi) is 5.33. The predicted octanol–water partition coefficient (Wildman–Crippen LogP) is 5.74. The molecule has 1 N–H and O–H groups in total. The number of thiophene rings is 1. The van der Waals surface area contributed by atoms with Crippen LogP contribution in [0.2, 0.25) is 5.15 Å². The van der Waals surface area contributed by atoms with E-state index < -0.39 is 23.3 Å². The number of thiazole rings is 1. The lowest BCUT2D eigenvalue weighted by Crippen LogP contribution is -2.23. The molecule has 5 nitrogen and oxygen atoms in total. The summed E-state index contributed by atoms with van der Waals surface area (Å²) in [5.41, 5.74) is -0.716. The van der Waals surface area contributed by atoms with Gasteiger partial charge in [0.05, 0.1) is 27.7 Å². The standard InChI is InChI=1S/C19H14ClF3N4OS2/c1-9-15(30-10(2)25-9)11-6-13(19(21,22)23)17-26-14(16(20)27(17)8-11)18(28)24-7-12-4-3-5-29-12/h3-6,8H,7H2,1-2H3,(H,24,28). The third-order valence-corrected chi connectivity index (χ3v) is 6.71. The van der Waals surface area contributed by atoms with Crippen LogP contribution in [0, 0.1) is 13.8 Å². The van der Waals surface area contributed by atoms with Crippen molar-refractivity contribution in [3.05, 3.63) is 61.8 Å². The van der Waals surface area contributed by atoms with Crippen molar-refractivity contribution in [2.75, 3.05) is 0 Å². The molecular formula is C19H14ClF3N4OS2. The number of hydrogen-bond donors (Lipinski definition) is 1. The maximum Gasteiger partial charge on any atom is 0.420 e. The molecule has 4 heterocycles. The van der Waals surface area contributed by atoms with Crippen molar-refractivity contribution < 1.29 is 18.0 Å². The Balaban J connectivity index is 1.82. The summed E-state index contributed by atoms with van der Waals surface area (Å²) >= 11 is 9.04. The second kappa shape index (κ2) is 7.68. The van der Waals surface area contributed by atoms with Crippen LogP contribution < -0.4 is 5.32 Å². The van der Waals surface area contributed by atoms with Crippen molar-refractivity contribution >= 4 is 45.8 Å². The highest BCUT2D eigenvalue weighted by Gasteiger charge is 2.36. The van der Waals surface area contributed by atoms with Gasteiger partial charge in [-0.1, -0.05) is 17.7 Å². The number of carbonyl (C=O) groups excluding carboxylic acids is 1. The van der Waals surface area contributed by atoms with Crippen LogP contribution in [0.15, 0.2) is 29.8 Å². The number of rotatable bonds is 4. The van der Waals surface area contributed by atoms with Crippen LogP contribution in [0.25, 0.3) is 16.1 Å². The summed E-state index contributed by atoms with van der Waals surface area (Å²) in [6, 6.07) is 4.69. The fraction of sp³-hybridized carbons (Fsp3) is 0.211. The van der Waals surface area contributed by atoms with Crippen LogP contribution in [-0.4, -0.2) is 20.3 Å². The zero-order chi connectivity index (χ0) is 21.6. The van der Waals surface area contributed by atoms with Gasteiger partial charge in [0.1, 0.15) is 5.15 Å². The molecule has 1 amide bonds. The minimum Gasteiger partial charge on any atom is -0.346 e. The summed E-state index contributed by atoms with van der Waals surface area (Å²) in [5.74, 6) is -0.642. The third-order valence-electron chi connectivity index (χ3n) is 4.35. The van der Waals surface area contributed by atoms with Gasteiger partial charge in [-0.15, -0.1) is 22.7 Å². The first kappa shape index (κ1) is 20.8. The van der Waals surface area contributed by atoms with E-state index in [-0.39, 0.29) is 17.4 Å². The van der Waals surface area contributed by atoms with Gasteiger partial charge >= 0.3 is 6.18 Å².